The van der Waals surface area contributed by atoms with Crippen molar-refractivity contribution in [3.05, 3.63) is 29.8 Å². The number of hydrogen-bond acceptors (Lipinski definition) is 3. The molecule has 19 heavy (non-hydrogen) atoms. The van der Waals surface area contributed by atoms with Gasteiger partial charge in [0.15, 0.2) is 0 Å². The Hall–Kier alpha value is -1.06. The van der Waals surface area contributed by atoms with Crippen LogP contribution in [0.2, 0.25) is 0 Å². The van der Waals surface area contributed by atoms with E-state index in [0.717, 1.165) is 18.9 Å². The molecule has 104 valence electrons. The molecular formula is C16H24N2O. The lowest BCUT2D eigenvalue weighted by atomic mass is 9.84. The van der Waals surface area contributed by atoms with Gasteiger partial charge in [-0.05, 0) is 49.9 Å². The van der Waals surface area contributed by atoms with Crippen LogP contribution in [0.5, 0.6) is 0 Å². The van der Waals surface area contributed by atoms with Gasteiger partial charge in [0, 0.05) is 25.4 Å². The second kappa shape index (κ2) is 5.93. The molecule has 1 N–H and O–H groups in total. The molecule has 3 aliphatic rings. The van der Waals surface area contributed by atoms with E-state index in [4.69, 9.17) is 4.74 Å². The first-order chi connectivity index (χ1) is 9.36. The molecule has 3 heterocycles. The quantitative estimate of drug-likeness (QED) is 0.879. The van der Waals surface area contributed by atoms with Crippen molar-refractivity contribution in [1.29, 1.82) is 0 Å². The van der Waals surface area contributed by atoms with E-state index in [-0.39, 0.29) is 0 Å². The molecule has 2 bridgehead atoms. The molecule has 0 amide bonds. The Kier molecular flexibility index (Phi) is 4.04. The van der Waals surface area contributed by atoms with Crippen LogP contribution >= 0.6 is 0 Å². The van der Waals surface area contributed by atoms with E-state index >= 15 is 0 Å². The Morgan fingerprint density at radius 2 is 2.05 bits per heavy atom. The maximum atomic E-state index is 5.20. The number of ether oxygens (including phenoxy) is 1. The van der Waals surface area contributed by atoms with Crippen molar-refractivity contribution >= 4 is 5.69 Å². The minimum atomic E-state index is 0.631. The molecule has 0 aliphatic carbocycles. The number of benzene rings is 1. The third kappa shape index (κ3) is 2.93. The molecule has 3 saturated heterocycles. The second-order valence-electron chi connectivity index (χ2n) is 5.79. The van der Waals surface area contributed by atoms with Crippen molar-refractivity contribution in [3.63, 3.8) is 0 Å². The first-order valence-electron chi connectivity index (χ1n) is 7.42. The SMILES string of the molecule is COCCc1ccccc1NC1CN2CCC1CC2. The Morgan fingerprint density at radius 1 is 1.26 bits per heavy atom. The van der Waals surface area contributed by atoms with E-state index in [9.17, 15) is 0 Å². The van der Waals surface area contributed by atoms with Gasteiger partial charge < -0.3 is 15.0 Å². The number of methoxy groups -OCH3 is 1. The van der Waals surface area contributed by atoms with Crippen molar-refractivity contribution in [2.24, 2.45) is 5.92 Å². The largest absolute Gasteiger partial charge is 0.384 e. The summed E-state index contributed by atoms with van der Waals surface area (Å²) in [5.41, 5.74) is 2.68. The zero-order valence-electron chi connectivity index (χ0n) is 11.8. The van der Waals surface area contributed by atoms with E-state index in [1.165, 1.54) is 43.7 Å². The fraction of sp³-hybridized carbons (Fsp3) is 0.625. The number of anilines is 1. The summed E-state index contributed by atoms with van der Waals surface area (Å²) in [6.07, 6.45) is 3.70. The Bertz CT molecular complexity index is 413. The maximum absolute atomic E-state index is 5.20. The number of nitrogens with one attached hydrogen (secondary N) is 1. The lowest BCUT2D eigenvalue weighted by Gasteiger charge is -2.45. The Morgan fingerprint density at radius 3 is 2.74 bits per heavy atom. The lowest BCUT2D eigenvalue weighted by Crippen LogP contribution is -2.53. The van der Waals surface area contributed by atoms with Crippen LogP contribution in [0.4, 0.5) is 5.69 Å². The zero-order valence-corrected chi connectivity index (χ0v) is 11.8. The van der Waals surface area contributed by atoms with Crippen LogP contribution in [0, 0.1) is 5.92 Å². The van der Waals surface area contributed by atoms with E-state index in [0.29, 0.717) is 6.04 Å². The molecule has 0 aromatic heterocycles. The van der Waals surface area contributed by atoms with Crippen LogP contribution in [-0.2, 0) is 11.2 Å². The topological polar surface area (TPSA) is 24.5 Å². The molecule has 0 saturated carbocycles. The number of hydrogen-bond donors (Lipinski definition) is 1. The van der Waals surface area contributed by atoms with Gasteiger partial charge in [-0.25, -0.2) is 0 Å². The van der Waals surface area contributed by atoms with E-state index in [2.05, 4.69) is 34.5 Å². The van der Waals surface area contributed by atoms with Crippen LogP contribution in [0.15, 0.2) is 24.3 Å². The summed E-state index contributed by atoms with van der Waals surface area (Å²) in [5, 5.41) is 3.79. The van der Waals surface area contributed by atoms with Crippen LogP contribution in [0.1, 0.15) is 18.4 Å². The molecule has 0 spiro atoms. The normalized spacial score (nSPS) is 29.4. The number of para-hydroxylation sites is 1. The predicted molar refractivity (Wildman–Crippen MR) is 78.6 cm³/mol. The lowest BCUT2D eigenvalue weighted by molar-refractivity contribution is 0.0975. The van der Waals surface area contributed by atoms with Gasteiger partial charge in [-0.1, -0.05) is 18.2 Å². The summed E-state index contributed by atoms with van der Waals surface area (Å²) in [6, 6.07) is 9.30. The van der Waals surface area contributed by atoms with Crippen molar-refractivity contribution < 1.29 is 4.74 Å². The van der Waals surface area contributed by atoms with Crippen molar-refractivity contribution in [1.82, 2.24) is 4.90 Å². The molecule has 4 rings (SSSR count). The first kappa shape index (κ1) is 12.9. The average molecular weight is 260 g/mol. The van der Waals surface area contributed by atoms with Crippen LogP contribution < -0.4 is 5.32 Å². The molecule has 1 aromatic carbocycles. The summed E-state index contributed by atoms with van der Waals surface area (Å²) in [5.74, 6) is 0.862. The van der Waals surface area contributed by atoms with Gasteiger partial charge in [0.1, 0.15) is 0 Å². The first-order valence-corrected chi connectivity index (χ1v) is 7.42. The van der Waals surface area contributed by atoms with E-state index < -0.39 is 0 Å². The molecule has 0 radical (unpaired) electrons. The third-order valence-corrected chi connectivity index (χ3v) is 4.59. The van der Waals surface area contributed by atoms with E-state index in [1.807, 2.05) is 0 Å². The molecule has 1 unspecified atom stereocenters. The van der Waals surface area contributed by atoms with Crippen molar-refractivity contribution in [2.75, 3.05) is 38.7 Å². The van der Waals surface area contributed by atoms with Gasteiger partial charge in [0.25, 0.3) is 0 Å². The number of nitrogens with zero attached hydrogens (tertiary/aromatic N) is 1. The van der Waals surface area contributed by atoms with Gasteiger partial charge in [-0.15, -0.1) is 0 Å². The smallest absolute Gasteiger partial charge is 0.0503 e. The summed E-state index contributed by atoms with van der Waals surface area (Å²) in [7, 11) is 1.77. The maximum Gasteiger partial charge on any atom is 0.0503 e. The fourth-order valence-electron chi connectivity index (χ4n) is 3.42. The van der Waals surface area contributed by atoms with Gasteiger partial charge in [-0.3, -0.25) is 0 Å². The molecule has 3 nitrogen and oxygen atoms in total. The number of piperidine rings is 3. The van der Waals surface area contributed by atoms with Gasteiger partial charge in [-0.2, -0.15) is 0 Å². The van der Waals surface area contributed by atoms with Crippen LogP contribution in [0.3, 0.4) is 0 Å². The Labute approximate surface area is 115 Å². The van der Waals surface area contributed by atoms with Crippen LogP contribution in [0.25, 0.3) is 0 Å². The van der Waals surface area contributed by atoms with Gasteiger partial charge in [0.2, 0.25) is 0 Å². The molecular weight excluding hydrogens is 236 g/mol. The third-order valence-electron chi connectivity index (χ3n) is 4.59. The predicted octanol–water partition coefficient (Wildman–Crippen LogP) is 2.38. The minimum Gasteiger partial charge on any atom is -0.384 e. The highest BCUT2D eigenvalue weighted by Gasteiger charge is 2.34. The summed E-state index contributed by atoms with van der Waals surface area (Å²) in [4.78, 5) is 2.59. The van der Waals surface area contributed by atoms with Crippen molar-refractivity contribution in [2.45, 2.75) is 25.3 Å². The van der Waals surface area contributed by atoms with Crippen molar-refractivity contribution in [3.8, 4) is 0 Å². The standard InChI is InChI=1S/C16H24N2O/c1-19-11-8-13-4-2-3-5-15(13)17-16-12-18-9-6-14(16)7-10-18/h2-5,14,16-17H,6-12H2,1H3. The highest BCUT2D eigenvalue weighted by Crippen LogP contribution is 2.30. The number of rotatable bonds is 5. The molecule has 1 atom stereocenters. The molecule has 3 fully saturated rings. The highest BCUT2D eigenvalue weighted by atomic mass is 16.5. The van der Waals surface area contributed by atoms with Crippen LogP contribution in [-0.4, -0.2) is 44.3 Å². The molecule has 1 aromatic rings. The average Bonchev–Trinajstić information content (AvgIpc) is 2.48. The zero-order chi connectivity index (χ0) is 13.1. The minimum absolute atomic E-state index is 0.631. The summed E-state index contributed by atoms with van der Waals surface area (Å²) in [6.45, 7) is 4.60. The van der Waals surface area contributed by atoms with E-state index in [1.54, 1.807) is 7.11 Å². The Balaban J connectivity index is 1.69. The monoisotopic (exact) mass is 260 g/mol. The summed E-state index contributed by atoms with van der Waals surface area (Å²) >= 11 is 0. The highest BCUT2D eigenvalue weighted by molar-refractivity contribution is 5.52. The fourth-order valence-corrected chi connectivity index (χ4v) is 3.42. The number of fused-ring (bicyclic) bond motifs is 3. The second-order valence-corrected chi connectivity index (χ2v) is 5.79. The molecule has 3 aliphatic heterocycles. The molecule has 3 heteroatoms. The summed E-state index contributed by atoms with van der Waals surface area (Å²) < 4.78 is 5.20. The van der Waals surface area contributed by atoms with Gasteiger partial charge >= 0.3 is 0 Å². The van der Waals surface area contributed by atoms with Gasteiger partial charge in [0.05, 0.1) is 6.61 Å².